The second-order valence-corrected chi connectivity index (χ2v) is 2.06. The molecule has 0 aromatic carbocycles. The molecule has 84 valence electrons. The van der Waals surface area contributed by atoms with Crippen molar-refractivity contribution in [3.05, 3.63) is 11.7 Å². The fourth-order valence-corrected chi connectivity index (χ4v) is 0.390. The first kappa shape index (κ1) is 13.1. The summed E-state index contributed by atoms with van der Waals surface area (Å²) in [4.78, 5) is 0. The third kappa shape index (κ3) is 3.11. The van der Waals surface area contributed by atoms with Crippen LogP contribution in [0.1, 0.15) is 0 Å². The van der Waals surface area contributed by atoms with E-state index in [2.05, 4.69) is 0 Å². The van der Waals surface area contributed by atoms with Gasteiger partial charge in [-0.3, -0.25) is 0 Å². The van der Waals surface area contributed by atoms with Crippen LogP contribution in [0, 0.1) is 0 Å². The van der Waals surface area contributed by atoms with Crippen molar-refractivity contribution >= 4 is 0 Å². The van der Waals surface area contributed by atoms with E-state index < -0.39 is 30.2 Å². The van der Waals surface area contributed by atoms with Gasteiger partial charge in [0.15, 0.2) is 5.83 Å². The first-order valence-corrected chi connectivity index (χ1v) is 2.81. The minimum atomic E-state index is -5.97. The van der Waals surface area contributed by atoms with Crippen molar-refractivity contribution in [3.63, 3.8) is 0 Å². The van der Waals surface area contributed by atoms with E-state index >= 15 is 0 Å². The summed E-state index contributed by atoms with van der Waals surface area (Å²) >= 11 is 0. The van der Waals surface area contributed by atoms with Crippen molar-refractivity contribution in [1.82, 2.24) is 0 Å². The number of hydrogen-bond donors (Lipinski definition) is 0. The summed E-state index contributed by atoms with van der Waals surface area (Å²) in [6, 6.07) is 0. The van der Waals surface area contributed by atoms with Gasteiger partial charge in [-0.1, -0.05) is 0 Å². The molecule has 0 aliphatic carbocycles. The topological polar surface area (TPSA) is 0 Å². The highest BCUT2D eigenvalue weighted by molar-refractivity contribution is 5.11. The number of alkyl halides is 7. The summed E-state index contributed by atoms with van der Waals surface area (Å²) in [6.45, 7) is 0. The van der Waals surface area contributed by atoms with Crippen LogP contribution in [-0.2, 0) is 0 Å². The van der Waals surface area contributed by atoms with Gasteiger partial charge < -0.3 is 0 Å². The molecule has 0 amide bonds. The standard InChI is InChI=1S/C5HF9/c6-1(2(7)4(9,10)11)3(8)5(12,13)14/h2H. The molecule has 9 heteroatoms. The van der Waals surface area contributed by atoms with Gasteiger partial charge in [0.25, 0.3) is 0 Å². The van der Waals surface area contributed by atoms with Gasteiger partial charge in [0.2, 0.25) is 12.0 Å². The quantitative estimate of drug-likeness (QED) is 0.606. The molecule has 0 saturated heterocycles. The number of hydrogen-bond acceptors (Lipinski definition) is 0. The molecule has 0 rings (SSSR count). The average Bonchev–Trinajstić information content (AvgIpc) is 1.97. The van der Waals surface area contributed by atoms with Crippen LogP contribution in [0.3, 0.4) is 0 Å². The van der Waals surface area contributed by atoms with Crippen molar-refractivity contribution in [2.24, 2.45) is 0 Å². The zero-order chi connectivity index (χ0) is 11.7. The molecule has 0 aromatic heterocycles. The Morgan fingerprint density at radius 2 is 1.21 bits per heavy atom. The summed E-state index contributed by atoms with van der Waals surface area (Å²) in [5.41, 5.74) is 0. The predicted molar refractivity (Wildman–Crippen MR) is 26.2 cm³/mol. The summed E-state index contributed by atoms with van der Waals surface area (Å²) in [5, 5.41) is 0. The summed E-state index contributed by atoms with van der Waals surface area (Å²) in [6.07, 6.45) is -16.5. The maximum Gasteiger partial charge on any atom is 0.445 e. The Kier molecular flexibility index (Phi) is 3.46. The molecule has 0 aliphatic rings. The van der Waals surface area contributed by atoms with Crippen LogP contribution in [0.25, 0.3) is 0 Å². The van der Waals surface area contributed by atoms with Crippen LogP contribution < -0.4 is 0 Å². The van der Waals surface area contributed by atoms with Gasteiger partial charge in [0.05, 0.1) is 0 Å². The van der Waals surface area contributed by atoms with Gasteiger partial charge in [0, 0.05) is 0 Å². The average molecular weight is 232 g/mol. The fourth-order valence-electron chi connectivity index (χ4n) is 0.390. The summed E-state index contributed by atoms with van der Waals surface area (Å²) in [7, 11) is 0. The zero-order valence-corrected chi connectivity index (χ0v) is 5.98. The second-order valence-electron chi connectivity index (χ2n) is 2.06. The number of rotatable bonds is 1. The Morgan fingerprint density at radius 1 is 0.857 bits per heavy atom. The molecular formula is C5HF9. The maximum absolute atomic E-state index is 11.9. The molecule has 0 nitrogen and oxygen atoms in total. The zero-order valence-electron chi connectivity index (χ0n) is 5.98. The van der Waals surface area contributed by atoms with Gasteiger partial charge in [-0.25, -0.2) is 8.78 Å². The van der Waals surface area contributed by atoms with Gasteiger partial charge in [-0.05, 0) is 0 Å². The predicted octanol–water partition coefficient (Wildman–Crippen LogP) is 3.60. The van der Waals surface area contributed by atoms with Gasteiger partial charge in [-0.2, -0.15) is 30.7 Å². The van der Waals surface area contributed by atoms with Crippen LogP contribution in [0.4, 0.5) is 39.5 Å². The smallest absolute Gasteiger partial charge is 0.229 e. The minimum Gasteiger partial charge on any atom is -0.229 e. The van der Waals surface area contributed by atoms with Gasteiger partial charge in [0.1, 0.15) is 0 Å². The highest BCUT2D eigenvalue weighted by atomic mass is 19.4. The Labute approximate surface area is 71.0 Å². The molecule has 0 fully saturated rings. The molecule has 0 bridgehead atoms. The van der Waals surface area contributed by atoms with Crippen molar-refractivity contribution in [3.8, 4) is 0 Å². The largest absolute Gasteiger partial charge is 0.445 e. The van der Waals surface area contributed by atoms with Crippen LogP contribution in [0.5, 0.6) is 0 Å². The first-order chi connectivity index (χ1) is 5.98. The van der Waals surface area contributed by atoms with E-state index in [1.54, 1.807) is 0 Å². The number of allylic oxidation sites excluding steroid dienone is 2. The fraction of sp³-hybridized carbons (Fsp3) is 0.600. The third-order valence-corrected chi connectivity index (χ3v) is 0.968. The Morgan fingerprint density at radius 3 is 1.43 bits per heavy atom. The van der Waals surface area contributed by atoms with Crippen LogP contribution in [0.2, 0.25) is 0 Å². The molecule has 0 aromatic rings. The molecule has 1 unspecified atom stereocenters. The number of halogens is 9. The monoisotopic (exact) mass is 232 g/mol. The van der Waals surface area contributed by atoms with E-state index in [0.717, 1.165) is 0 Å². The van der Waals surface area contributed by atoms with Crippen LogP contribution in [-0.4, -0.2) is 18.5 Å². The van der Waals surface area contributed by atoms with E-state index in [-0.39, 0.29) is 0 Å². The molecular weight excluding hydrogens is 231 g/mol. The molecule has 0 radical (unpaired) electrons. The molecule has 0 saturated carbocycles. The van der Waals surface area contributed by atoms with Gasteiger partial charge >= 0.3 is 12.4 Å². The molecule has 14 heavy (non-hydrogen) atoms. The minimum absolute atomic E-state index is 3.52. The maximum atomic E-state index is 11.9. The van der Waals surface area contributed by atoms with E-state index in [9.17, 15) is 39.5 Å². The lowest BCUT2D eigenvalue weighted by molar-refractivity contribution is -0.177. The van der Waals surface area contributed by atoms with Crippen molar-refractivity contribution in [1.29, 1.82) is 0 Å². The van der Waals surface area contributed by atoms with Crippen LogP contribution >= 0.6 is 0 Å². The Balaban J connectivity index is 5.03. The lowest BCUT2D eigenvalue weighted by atomic mass is 10.3. The lowest BCUT2D eigenvalue weighted by Gasteiger charge is -2.11. The normalized spacial score (nSPS) is 17.8. The first-order valence-electron chi connectivity index (χ1n) is 2.81. The molecule has 0 spiro atoms. The van der Waals surface area contributed by atoms with E-state index in [4.69, 9.17) is 0 Å². The van der Waals surface area contributed by atoms with Crippen molar-refractivity contribution in [2.45, 2.75) is 18.5 Å². The van der Waals surface area contributed by atoms with Gasteiger partial charge in [-0.15, -0.1) is 0 Å². The van der Waals surface area contributed by atoms with E-state index in [1.165, 1.54) is 0 Å². The van der Waals surface area contributed by atoms with Crippen molar-refractivity contribution in [2.75, 3.05) is 0 Å². The highest BCUT2D eigenvalue weighted by Gasteiger charge is 2.49. The van der Waals surface area contributed by atoms with Crippen molar-refractivity contribution < 1.29 is 39.5 Å². The SMILES string of the molecule is FC(=C(F)C(F)(F)F)C(F)C(F)(F)F. The Bertz CT molecular complexity index is 231. The molecule has 1 atom stereocenters. The molecule has 0 heterocycles. The Hall–Kier alpha value is -0.890. The summed E-state index contributed by atoms with van der Waals surface area (Å²) in [5.74, 6) is -7.24. The van der Waals surface area contributed by atoms with Crippen LogP contribution in [0.15, 0.2) is 11.7 Å². The van der Waals surface area contributed by atoms with E-state index in [1.807, 2.05) is 0 Å². The summed E-state index contributed by atoms with van der Waals surface area (Å²) < 4.78 is 103. The lowest BCUT2D eigenvalue weighted by Crippen LogP contribution is -2.27. The molecule has 0 aliphatic heterocycles. The molecule has 0 N–H and O–H groups in total. The third-order valence-electron chi connectivity index (χ3n) is 0.968. The van der Waals surface area contributed by atoms with E-state index in [0.29, 0.717) is 0 Å². The highest BCUT2D eigenvalue weighted by Crippen LogP contribution is 2.36. The second kappa shape index (κ2) is 3.70.